The predicted molar refractivity (Wildman–Crippen MR) is 197 cm³/mol. The molecular weight excluding hydrogens is 684 g/mol. The smallest absolute Gasteiger partial charge is 0.339 e. The van der Waals surface area contributed by atoms with Gasteiger partial charge in [-0.1, -0.05) is 29.8 Å². The average Bonchev–Trinajstić information content (AvgIpc) is 3.58. The van der Waals surface area contributed by atoms with Gasteiger partial charge in [0.15, 0.2) is 12.4 Å². The third-order valence-corrected chi connectivity index (χ3v) is 9.34. The van der Waals surface area contributed by atoms with Gasteiger partial charge in [-0.15, -0.1) is 10.2 Å². The highest BCUT2D eigenvalue weighted by Gasteiger charge is 2.27. The van der Waals surface area contributed by atoms with Gasteiger partial charge in [0.2, 0.25) is 5.78 Å². The minimum atomic E-state index is -0.551. The standard InChI is InChI=1S/C39H29ClN6O6/c1-2-51-28-17-15-26(16-18-28)44-37(47)30-19-12-25(40)21-33(30)45-34(42-43-39(44)45)22-52-38(48)35-29-7-3-4-9-32(29)41-36-24(6-5-8-31(35)36)20-23-10-13-27(14-11-23)46(49)50/h3-4,7,9-21H,2,5-6,8,22H2,1H3/b24-20-. The number of hydrogen-bond acceptors (Lipinski definition) is 9. The van der Waals surface area contributed by atoms with Gasteiger partial charge < -0.3 is 9.47 Å². The summed E-state index contributed by atoms with van der Waals surface area (Å²) in [6.07, 6.45) is 4.07. The van der Waals surface area contributed by atoms with Crippen LogP contribution < -0.4 is 10.3 Å². The van der Waals surface area contributed by atoms with Crippen LogP contribution in [0.3, 0.4) is 0 Å². The van der Waals surface area contributed by atoms with Crippen molar-refractivity contribution in [1.82, 2.24) is 24.1 Å². The Kier molecular flexibility index (Phi) is 8.44. The minimum Gasteiger partial charge on any atom is -0.494 e. The summed E-state index contributed by atoms with van der Waals surface area (Å²) in [7, 11) is 0. The van der Waals surface area contributed by atoms with Crippen molar-refractivity contribution < 1.29 is 19.2 Å². The van der Waals surface area contributed by atoms with Crippen LogP contribution in [-0.4, -0.2) is 41.6 Å². The molecule has 0 unspecified atom stereocenters. The lowest BCUT2D eigenvalue weighted by molar-refractivity contribution is -0.384. The number of benzene rings is 4. The highest BCUT2D eigenvalue weighted by atomic mass is 35.5. The Hall–Kier alpha value is -6.40. The number of hydrogen-bond donors (Lipinski definition) is 0. The zero-order valence-corrected chi connectivity index (χ0v) is 28.5. The van der Waals surface area contributed by atoms with Crippen LogP contribution in [0.1, 0.15) is 52.8 Å². The van der Waals surface area contributed by atoms with Crippen LogP contribution in [0.5, 0.6) is 5.75 Å². The fraction of sp³-hybridized carbons (Fsp3) is 0.154. The van der Waals surface area contributed by atoms with Crippen LogP contribution in [0.25, 0.3) is 44.9 Å². The van der Waals surface area contributed by atoms with Crippen molar-refractivity contribution in [3.8, 4) is 11.4 Å². The molecule has 0 radical (unpaired) electrons. The maximum atomic E-state index is 14.2. The predicted octanol–water partition coefficient (Wildman–Crippen LogP) is 7.78. The summed E-state index contributed by atoms with van der Waals surface area (Å²) in [6.45, 7) is 2.15. The summed E-state index contributed by atoms with van der Waals surface area (Å²) in [5.41, 5.74) is 4.97. The topological polar surface area (TPSA) is 144 Å². The molecule has 3 heterocycles. The molecule has 0 bridgehead atoms. The number of nitrogens with zero attached hydrogens (tertiary/aromatic N) is 6. The lowest BCUT2D eigenvalue weighted by Gasteiger charge is -2.22. The maximum Gasteiger partial charge on any atom is 0.339 e. The van der Waals surface area contributed by atoms with Gasteiger partial charge in [-0.05, 0) is 110 Å². The van der Waals surface area contributed by atoms with Crippen LogP contribution in [-0.2, 0) is 17.8 Å². The van der Waals surface area contributed by atoms with E-state index in [1.807, 2.05) is 37.3 Å². The third-order valence-electron chi connectivity index (χ3n) is 9.10. The number of halogens is 1. The molecule has 0 amide bonds. The van der Waals surface area contributed by atoms with Crippen molar-refractivity contribution in [2.45, 2.75) is 32.8 Å². The molecule has 1 aliphatic rings. The number of non-ortho nitro benzene ring substituents is 1. The summed E-state index contributed by atoms with van der Waals surface area (Å²) in [5.74, 6) is 0.631. The average molecular weight is 713 g/mol. The maximum absolute atomic E-state index is 14.2. The second-order valence-electron chi connectivity index (χ2n) is 12.3. The molecule has 0 atom stereocenters. The summed E-state index contributed by atoms with van der Waals surface area (Å²) in [4.78, 5) is 43.8. The largest absolute Gasteiger partial charge is 0.494 e. The zero-order valence-electron chi connectivity index (χ0n) is 27.8. The first-order valence-corrected chi connectivity index (χ1v) is 17.0. The van der Waals surface area contributed by atoms with E-state index >= 15 is 0 Å². The third kappa shape index (κ3) is 5.82. The Morgan fingerprint density at radius 3 is 2.54 bits per heavy atom. The van der Waals surface area contributed by atoms with E-state index < -0.39 is 10.9 Å². The molecule has 3 aromatic heterocycles. The highest BCUT2D eigenvalue weighted by Crippen LogP contribution is 2.37. The summed E-state index contributed by atoms with van der Waals surface area (Å²) >= 11 is 6.41. The molecule has 8 rings (SSSR count). The minimum absolute atomic E-state index is 0.0105. The summed E-state index contributed by atoms with van der Waals surface area (Å²) in [6, 6.07) is 25.8. The fourth-order valence-electron chi connectivity index (χ4n) is 6.77. The number of carbonyl (C=O) groups is 1. The van der Waals surface area contributed by atoms with Crippen molar-refractivity contribution in [1.29, 1.82) is 0 Å². The molecule has 13 heteroatoms. The highest BCUT2D eigenvalue weighted by molar-refractivity contribution is 6.31. The molecule has 1 aliphatic carbocycles. The van der Waals surface area contributed by atoms with E-state index in [1.54, 1.807) is 59.0 Å². The number of allylic oxidation sites excluding steroid dienone is 1. The van der Waals surface area contributed by atoms with Gasteiger partial charge in [0.05, 0.1) is 44.9 Å². The van der Waals surface area contributed by atoms with Crippen molar-refractivity contribution >= 4 is 62.5 Å². The molecule has 0 saturated carbocycles. The van der Waals surface area contributed by atoms with E-state index in [-0.39, 0.29) is 23.6 Å². The number of rotatable bonds is 8. The first kappa shape index (κ1) is 32.8. The van der Waals surface area contributed by atoms with Crippen molar-refractivity contribution in [2.75, 3.05) is 6.61 Å². The first-order valence-electron chi connectivity index (χ1n) is 16.7. The van der Waals surface area contributed by atoms with Gasteiger partial charge in [0.1, 0.15) is 5.75 Å². The van der Waals surface area contributed by atoms with Crippen LogP contribution in [0.4, 0.5) is 5.69 Å². The number of esters is 1. The molecule has 0 N–H and O–H groups in total. The van der Waals surface area contributed by atoms with Gasteiger partial charge in [-0.2, -0.15) is 0 Å². The van der Waals surface area contributed by atoms with Crippen LogP contribution in [0.2, 0.25) is 5.02 Å². The number of carbonyl (C=O) groups excluding carboxylic acids is 1. The van der Waals surface area contributed by atoms with E-state index in [0.29, 0.717) is 68.4 Å². The van der Waals surface area contributed by atoms with E-state index in [9.17, 15) is 19.7 Å². The quantitative estimate of drug-likeness (QED) is 0.0876. The lowest BCUT2D eigenvalue weighted by atomic mass is 9.86. The Morgan fingerprint density at radius 1 is 0.981 bits per heavy atom. The number of ether oxygens (including phenoxy) is 2. The Labute approximate surface area is 300 Å². The zero-order chi connectivity index (χ0) is 35.9. The monoisotopic (exact) mass is 712 g/mol. The number of aromatic nitrogens is 5. The van der Waals surface area contributed by atoms with Gasteiger partial charge in [0, 0.05) is 22.5 Å². The van der Waals surface area contributed by atoms with E-state index in [0.717, 1.165) is 29.5 Å². The summed E-state index contributed by atoms with van der Waals surface area (Å²) < 4.78 is 14.8. The van der Waals surface area contributed by atoms with Gasteiger partial charge >= 0.3 is 5.97 Å². The normalized spacial score (nSPS) is 13.5. The van der Waals surface area contributed by atoms with Crippen LogP contribution in [0, 0.1) is 10.1 Å². The molecule has 258 valence electrons. The molecule has 7 aromatic rings. The van der Waals surface area contributed by atoms with E-state index in [2.05, 4.69) is 10.2 Å². The molecule has 4 aromatic carbocycles. The molecular formula is C39H29ClN6O6. The number of para-hydroxylation sites is 1. The number of nitro benzene ring substituents is 1. The fourth-order valence-corrected chi connectivity index (χ4v) is 6.94. The Balaban J connectivity index is 1.19. The Morgan fingerprint density at radius 2 is 1.77 bits per heavy atom. The molecule has 0 saturated heterocycles. The van der Waals surface area contributed by atoms with E-state index in [1.165, 1.54) is 16.7 Å². The van der Waals surface area contributed by atoms with Crippen molar-refractivity contribution in [3.05, 3.63) is 145 Å². The second kappa shape index (κ2) is 13.4. The van der Waals surface area contributed by atoms with Gasteiger partial charge in [-0.25, -0.2) is 14.3 Å². The van der Waals surface area contributed by atoms with Crippen LogP contribution >= 0.6 is 11.6 Å². The molecule has 0 aliphatic heterocycles. The Bertz CT molecular complexity index is 2650. The SMILES string of the molecule is CCOc1ccc(-n2c(=O)c3ccc(Cl)cc3n3c(COC(=O)c4c5c(nc6ccccc46)/C(=C\c4ccc([N+](=O)[O-])cc4)CCC5)nnc23)cc1. The second-order valence-corrected chi connectivity index (χ2v) is 12.7. The summed E-state index contributed by atoms with van der Waals surface area (Å²) in [5, 5.41) is 21.4. The van der Waals surface area contributed by atoms with Crippen molar-refractivity contribution in [2.24, 2.45) is 0 Å². The molecule has 0 fully saturated rings. The van der Waals surface area contributed by atoms with Gasteiger partial charge in [0.25, 0.3) is 11.2 Å². The van der Waals surface area contributed by atoms with E-state index in [4.69, 9.17) is 26.1 Å². The lowest BCUT2D eigenvalue weighted by Crippen LogP contribution is -2.22. The number of nitro groups is 1. The molecule has 12 nitrogen and oxygen atoms in total. The number of fused-ring (bicyclic) bond motifs is 5. The van der Waals surface area contributed by atoms with Crippen molar-refractivity contribution in [3.63, 3.8) is 0 Å². The molecule has 0 spiro atoms. The van der Waals surface area contributed by atoms with Crippen LogP contribution in [0.15, 0.2) is 95.8 Å². The van der Waals surface area contributed by atoms with Gasteiger partial charge in [-0.3, -0.25) is 19.3 Å². The number of pyridine rings is 1. The first-order chi connectivity index (χ1) is 25.3. The molecule has 52 heavy (non-hydrogen) atoms.